The Balaban J connectivity index is 2.19. The van der Waals surface area contributed by atoms with Gasteiger partial charge in [0, 0.05) is 16.2 Å². The summed E-state index contributed by atoms with van der Waals surface area (Å²) in [7, 11) is 0. The van der Waals surface area contributed by atoms with Crippen molar-refractivity contribution in [3.8, 4) is 5.75 Å². The van der Waals surface area contributed by atoms with Crippen LogP contribution in [-0.4, -0.2) is 10.8 Å². The Morgan fingerprint density at radius 3 is 2.95 bits per heavy atom. The second kappa shape index (κ2) is 6.04. The summed E-state index contributed by atoms with van der Waals surface area (Å²) in [6.45, 7) is 0.249. The number of pyridine rings is 1. The summed E-state index contributed by atoms with van der Waals surface area (Å²) in [5.41, 5.74) is 6.64. The van der Waals surface area contributed by atoms with Gasteiger partial charge >= 0.3 is 0 Å². The average Bonchev–Trinajstić information content (AvgIpc) is 2.40. The van der Waals surface area contributed by atoms with Gasteiger partial charge in [0.15, 0.2) is 0 Å². The molecule has 0 radical (unpaired) electrons. The van der Waals surface area contributed by atoms with Crippen molar-refractivity contribution in [2.24, 2.45) is 5.73 Å². The highest BCUT2D eigenvalue weighted by molar-refractivity contribution is 9.10. The van der Waals surface area contributed by atoms with Crippen molar-refractivity contribution < 1.29 is 4.74 Å². The molecule has 4 nitrogen and oxygen atoms in total. The normalized spacial score (nSPS) is 10.2. The van der Waals surface area contributed by atoms with E-state index < -0.39 is 0 Å². The van der Waals surface area contributed by atoms with Crippen molar-refractivity contribution in [1.82, 2.24) is 4.98 Å². The van der Waals surface area contributed by atoms with Gasteiger partial charge in [-0.3, -0.25) is 10.4 Å². The molecule has 0 aliphatic heterocycles. The van der Waals surface area contributed by atoms with Gasteiger partial charge in [-0.05, 0) is 24.3 Å². The van der Waals surface area contributed by atoms with E-state index in [9.17, 15) is 0 Å². The van der Waals surface area contributed by atoms with Gasteiger partial charge in [-0.25, -0.2) is 0 Å². The van der Waals surface area contributed by atoms with Crippen LogP contribution in [0.3, 0.4) is 0 Å². The number of halogens is 2. The SMILES string of the molecule is N=C(N)c1ncccc1COc1cc(Br)ccc1Cl. The van der Waals surface area contributed by atoms with Crippen LogP contribution in [0.1, 0.15) is 11.3 Å². The number of hydrogen-bond acceptors (Lipinski definition) is 3. The molecule has 0 bridgehead atoms. The molecule has 0 atom stereocenters. The molecule has 0 saturated heterocycles. The Kier molecular flexibility index (Phi) is 4.39. The van der Waals surface area contributed by atoms with Crippen LogP contribution in [0.2, 0.25) is 5.02 Å². The first-order chi connectivity index (χ1) is 9.08. The zero-order valence-corrected chi connectivity index (χ0v) is 12.2. The summed E-state index contributed by atoms with van der Waals surface area (Å²) in [5, 5.41) is 7.99. The second-order valence-electron chi connectivity index (χ2n) is 3.79. The van der Waals surface area contributed by atoms with Crippen LogP contribution in [0, 0.1) is 5.41 Å². The van der Waals surface area contributed by atoms with Crippen LogP contribution in [0.5, 0.6) is 5.75 Å². The van der Waals surface area contributed by atoms with Gasteiger partial charge in [0.1, 0.15) is 23.9 Å². The van der Waals surface area contributed by atoms with Crippen LogP contribution >= 0.6 is 27.5 Å². The van der Waals surface area contributed by atoms with Gasteiger partial charge in [0.2, 0.25) is 0 Å². The van der Waals surface area contributed by atoms with Crippen molar-refractivity contribution in [2.75, 3.05) is 0 Å². The third-order valence-electron chi connectivity index (χ3n) is 2.42. The number of ether oxygens (including phenoxy) is 1. The average molecular weight is 341 g/mol. The highest BCUT2D eigenvalue weighted by atomic mass is 79.9. The lowest BCUT2D eigenvalue weighted by molar-refractivity contribution is 0.305. The highest BCUT2D eigenvalue weighted by Crippen LogP contribution is 2.28. The number of rotatable bonds is 4. The summed E-state index contributed by atoms with van der Waals surface area (Å²) in [4.78, 5) is 4.06. The zero-order chi connectivity index (χ0) is 13.8. The van der Waals surface area contributed by atoms with Gasteiger partial charge in [-0.1, -0.05) is 33.6 Å². The molecule has 1 heterocycles. The second-order valence-corrected chi connectivity index (χ2v) is 5.11. The van der Waals surface area contributed by atoms with Crippen LogP contribution < -0.4 is 10.5 Å². The Bertz CT molecular complexity index is 619. The predicted octanol–water partition coefficient (Wildman–Crippen LogP) is 3.36. The molecule has 0 unspecified atom stereocenters. The van der Waals surface area contributed by atoms with E-state index >= 15 is 0 Å². The number of nitrogens with zero attached hydrogens (tertiary/aromatic N) is 1. The summed E-state index contributed by atoms with van der Waals surface area (Å²) >= 11 is 9.39. The summed E-state index contributed by atoms with van der Waals surface area (Å²) in [6, 6.07) is 8.95. The van der Waals surface area contributed by atoms with E-state index in [2.05, 4.69) is 20.9 Å². The minimum atomic E-state index is -0.0838. The predicted molar refractivity (Wildman–Crippen MR) is 78.7 cm³/mol. The molecule has 6 heteroatoms. The third-order valence-corrected chi connectivity index (χ3v) is 3.23. The van der Waals surface area contributed by atoms with E-state index in [4.69, 9.17) is 27.5 Å². The van der Waals surface area contributed by atoms with Crippen molar-refractivity contribution in [1.29, 1.82) is 5.41 Å². The van der Waals surface area contributed by atoms with E-state index in [-0.39, 0.29) is 12.4 Å². The van der Waals surface area contributed by atoms with E-state index in [1.807, 2.05) is 12.1 Å². The number of benzene rings is 1. The fourth-order valence-corrected chi connectivity index (χ4v) is 2.05. The fraction of sp³-hybridized carbons (Fsp3) is 0.0769. The first kappa shape index (κ1) is 13.8. The molecule has 0 fully saturated rings. The van der Waals surface area contributed by atoms with E-state index in [1.54, 1.807) is 24.4 Å². The van der Waals surface area contributed by atoms with Gasteiger partial charge in [0.05, 0.1) is 5.02 Å². The zero-order valence-electron chi connectivity index (χ0n) is 9.86. The van der Waals surface area contributed by atoms with Crippen LogP contribution in [0.4, 0.5) is 0 Å². The van der Waals surface area contributed by atoms with Crippen molar-refractivity contribution in [2.45, 2.75) is 6.61 Å². The highest BCUT2D eigenvalue weighted by Gasteiger charge is 2.08. The maximum Gasteiger partial charge on any atom is 0.142 e. The number of amidine groups is 1. The molecule has 0 aliphatic rings. The number of nitrogens with two attached hydrogens (primary N) is 1. The van der Waals surface area contributed by atoms with Gasteiger partial charge in [0.25, 0.3) is 0 Å². The Morgan fingerprint density at radius 2 is 2.21 bits per heavy atom. The molecule has 98 valence electrons. The third kappa shape index (κ3) is 3.45. The maximum atomic E-state index is 7.46. The number of nitrogen functional groups attached to an aromatic ring is 1. The lowest BCUT2D eigenvalue weighted by atomic mass is 10.2. The van der Waals surface area contributed by atoms with Crippen molar-refractivity contribution >= 4 is 33.4 Å². The minimum Gasteiger partial charge on any atom is -0.487 e. The molecule has 0 amide bonds. The van der Waals surface area contributed by atoms with E-state index in [0.717, 1.165) is 10.0 Å². The molecule has 1 aromatic heterocycles. The van der Waals surface area contributed by atoms with E-state index in [1.165, 1.54) is 0 Å². The number of hydrogen-bond donors (Lipinski definition) is 2. The first-order valence-corrected chi connectivity index (χ1v) is 6.61. The number of nitrogens with one attached hydrogen (secondary N) is 1. The van der Waals surface area contributed by atoms with E-state index in [0.29, 0.717) is 16.5 Å². The molecule has 0 saturated carbocycles. The van der Waals surface area contributed by atoms with Gasteiger partial charge in [-0.2, -0.15) is 0 Å². The number of aromatic nitrogens is 1. The quantitative estimate of drug-likeness (QED) is 0.662. The molecule has 2 rings (SSSR count). The molecular weight excluding hydrogens is 330 g/mol. The van der Waals surface area contributed by atoms with Gasteiger partial charge < -0.3 is 10.5 Å². The molecule has 19 heavy (non-hydrogen) atoms. The van der Waals surface area contributed by atoms with Crippen molar-refractivity contribution in [3.63, 3.8) is 0 Å². The Morgan fingerprint density at radius 1 is 1.42 bits per heavy atom. The van der Waals surface area contributed by atoms with Crippen LogP contribution in [0.25, 0.3) is 0 Å². The lowest BCUT2D eigenvalue weighted by Gasteiger charge is -2.10. The molecule has 0 aliphatic carbocycles. The minimum absolute atomic E-state index is 0.0838. The first-order valence-electron chi connectivity index (χ1n) is 5.44. The molecule has 3 N–H and O–H groups in total. The fourth-order valence-electron chi connectivity index (χ4n) is 1.54. The molecule has 2 aromatic rings. The topological polar surface area (TPSA) is 72.0 Å². The summed E-state index contributed by atoms with van der Waals surface area (Å²) in [5.74, 6) is 0.480. The van der Waals surface area contributed by atoms with Crippen LogP contribution in [0.15, 0.2) is 41.0 Å². The maximum absolute atomic E-state index is 7.46. The lowest BCUT2D eigenvalue weighted by Crippen LogP contribution is -2.16. The Labute approximate surface area is 124 Å². The largest absolute Gasteiger partial charge is 0.487 e. The molecule has 0 spiro atoms. The summed E-state index contributed by atoms with van der Waals surface area (Å²) < 4.78 is 6.52. The summed E-state index contributed by atoms with van der Waals surface area (Å²) in [6.07, 6.45) is 1.59. The molecule has 1 aromatic carbocycles. The van der Waals surface area contributed by atoms with Crippen LogP contribution in [-0.2, 0) is 6.61 Å². The monoisotopic (exact) mass is 339 g/mol. The molecular formula is C13H11BrClN3O. The smallest absolute Gasteiger partial charge is 0.142 e. The van der Waals surface area contributed by atoms with Crippen molar-refractivity contribution in [3.05, 3.63) is 57.3 Å². The van der Waals surface area contributed by atoms with Gasteiger partial charge in [-0.15, -0.1) is 0 Å². The standard InChI is InChI=1S/C13H11BrClN3O/c14-9-3-4-10(15)11(6-9)19-7-8-2-1-5-18-12(8)13(16)17/h1-6H,7H2,(H3,16,17). The Hall–Kier alpha value is -1.59.